The molecule has 2 aromatic carbocycles. The zero-order chi connectivity index (χ0) is 18.1. The molecule has 0 aliphatic heterocycles. The third kappa shape index (κ3) is 2.69. The first-order valence-corrected chi connectivity index (χ1v) is 7.29. The van der Waals surface area contributed by atoms with Crippen molar-refractivity contribution in [2.24, 2.45) is 0 Å². The van der Waals surface area contributed by atoms with E-state index in [1.165, 1.54) is 45.6 Å². The number of methoxy groups -OCH3 is 3. The van der Waals surface area contributed by atoms with E-state index in [9.17, 15) is 15.0 Å². The van der Waals surface area contributed by atoms with Crippen LogP contribution in [0, 0.1) is 0 Å². The quantitative estimate of drug-likeness (QED) is 0.751. The maximum Gasteiger partial charge on any atom is 0.239 e. The number of benzene rings is 2. The summed E-state index contributed by atoms with van der Waals surface area (Å²) in [5, 5.41) is 19.7. The van der Waals surface area contributed by atoms with Gasteiger partial charge in [-0.3, -0.25) is 4.79 Å². The molecule has 0 atom stereocenters. The molecule has 130 valence electrons. The minimum Gasteiger partial charge on any atom is -0.508 e. The van der Waals surface area contributed by atoms with Crippen LogP contribution < -0.4 is 19.6 Å². The Balaban J connectivity index is 2.38. The number of rotatable bonds is 4. The van der Waals surface area contributed by atoms with E-state index >= 15 is 0 Å². The molecule has 25 heavy (non-hydrogen) atoms. The van der Waals surface area contributed by atoms with Crippen molar-refractivity contribution in [3.63, 3.8) is 0 Å². The second kappa shape index (κ2) is 6.27. The fraction of sp³-hybridized carbons (Fsp3) is 0.167. The number of phenolic OH excluding ortho intramolecular Hbond substituents is 2. The van der Waals surface area contributed by atoms with E-state index in [-0.39, 0.29) is 45.5 Å². The van der Waals surface area contributed by atoms with Gasteiger partial charge < -0.3 is 28.8 Å². The zero-order valence-corrected chi connectivity index (χ0v) is 13.8. The van der Waals surface area contributed by atoms with Crippen molar-refractivity contribution in [2.45, 2.75) is 0 Å². The Bertz CT molecular complexity index is 1000. The van der Waals surface area contributed by atoms with Gasteiger partial charge in [-0.25, -0.2) is 0 Å². The largest absolute Gasteiger partial charge is 0.508 e. The normalized spacial score (nSPS) is 10.7. The van der Waals surface area contributed by atoms with E-state index in [1.54, 1.807) is 6.07 Å². The van der Waals surface area contributed by atoms with E-state index < -0.39 is 5.43 Å². The van der Waals surface area contributed by atoms with Crippen LogP contribution in [0.2, 0.25) is 0 Å². The molecule has 0 spiro atoms. The van der Waals surface area contributed by atoms with Gasteiger partial charge in [-0.2, -0.15) is 0 Å². The van der Waals surface area contributed by atoms with Crippen molar-refractivity contribution in [2.75, 3.05) is 21.3 Å². The Morgan fingerprint density at radius 3 is 2.28 bits per heavy atom. The van der Waals surface area contributed by atoms with Crippen LogP contribution in [0.15, 0.2) is 39.5 Å². The van der Waals surface area contributed by atoms with Crippen molar-refractivity contribution in [3.05, 3.63) is 40.6 Å². The molecule has 1 aromatic heterocycles. The van der Waals surface area contributed by atoms with E-state index in [0.717, 1.165) is 0 Å². The molecule has 0 fully saturated rings. The Labute approximate surface area is 142 Å². The van der Waals surface area contributed by atoms with Crippen LogP contribution in [-0.4, -0.2) is 31.5 Å². The van der Waals surface area contributed by atoms with Gasteiger partial charge in [0.2, 0.25) is 11.2 Å². The van der Waals surface area contributed by atoms with E-state index in [1.807, 2.05) is 0 Å². The smallest absolute Gasteiger partial charge is 0.239 e. The van der Waals surface area contributed by atoms with Gasteiger partial charge in [0.1, 0.15) is 22.5 Å². The summed E-state index contributed by atoms with van der Waals surface area (Å²) >= 11 is 0. The molecule has 1 heterocycles. The van der Waals surface area contributed by atoms with Gasteiger partial charge in [0.05, 0.1) is 21.3 Å². The van der Waals surface area contributed by atoms with Crippen molar-refractivity contribution in [3.8, 4) is 40.1 Å². The van der Waals surface area contributed by atoms with Gasteiger partial charge in [0.15, 0.2) is 17.3 Å². The predicted octanol–water partition coefficient (Wildman–Crippen LogP) is 2.90. The summed E-state index contributed by atoms with van der Waals surface area (Å²) in [6.45, 7) is 0. The molecule has 7 nitrogen and oxygen atoms in total. The minimum atomic E-state index is -0.442. The Kier molecular flexibility index (Phi) is 4.14. The lowest BCUT2D eigenvalue weighted by molar-refractivity contribution is 0.373. The zero-order valence-electron chi connectivity index (χ0n) is 13.8. The summed E-state index contributed by atoms with van der Waals surface area (Å²) in [5.74, 6) is 0.363. The monoisotopic (exact) mass is 344 g/mol. The lowest BCUT2D eigenvalue weighted by Crippen LogP contribution is -2.09. The summed E-state index contributed by atoms with van der Waals surface area (Å²) < 4.78 is 21.3. The molecule has 3 aromatic rings. The topological polar surface area (TPSA) is 98.4 Å². The number of fused-ring (bicyclic) bond motifs is 1. The van der Waals surface area contributed by atoms with Crippen molar-refractivity contribution >= 4 is 11.0 Å². The number of ether oxygens (including phenoxy) is 3. The summed E-state index contributed by atoms with van der Waals surface area (Å²) in [6, 6.07) is 7.13. The number of phenols is 2. The molecule has 7 heteroatoms. The Morgan fingerprint density at radius 1 is 0.920 bits per heavy atom. The molecule has 0 aliphatic rings. The van der Waals surface area contributed by atoms with Crippen LogP contribution in [0.4, 0.5) is 0 Å². The van der Waals surface area contributed by atoms with Crippen LogP contribution in [0.25, 0.3) is 22.3 Å². The molecule has 0 saturated carbocycles. The van der Waals surface area contributed by atoms with Crippen molar-refractivity contribution in [1.29, 1.82) is 0 Å². The lowest BCUT2D eigenvalue weighted by Gasteiger charge is -2.12. The highest BCUT2D eigenvalue weighted by Crippen LogP contribution is 2.38. The number of hydrogen-bond donors (Lipinski definition) is 2. The molecule has 0 aliphatic carbocycles. The molecular weight excluding hydrogens is 328 g/mol. The van der Waals surface area contributed by atoms with E-state index in [2.05, 4.69) is 0 Å². The molecule has 0 unspecified atom stereocenters. The highest BCUT2D eigenvalue weighted by Gasteiger charge is 2.21. The second-order valence-corrected chi connectivity index (χ2v) is 5.20. The Hall–Kier alpha value is -3.35. The summed E-state index contributed by atoms with van der Waals surface area (Å²) in [5.41, 5.74) is 0.167. The minimum absolute atomic E-state index is 0.0239. The average molecular weight is 344 g/mol. The highest BCUT2D eigenvalue weighted by atomic mass is 16.5. The van der Waals surface area contributed by atoms with Gasteiger partial charge in [-0.15, -0.1) is 0 Å². The molecule has 3 rings (SSSR count). The first-order valence-electron chi connectivity index (χ1n) is 7.29. The second-order valence-electron chi connectivity index (χ2n) is 5.20. The fourth-order valence-corrected chi connectivity index (χ4v) is 2.61. The molecule has 0 amide bonds. The summed E-state index contributed by atoms with van der Waals surface area (Å²) in [6.07, 6.45) is 0. The maximum absolute atomic E-state index is 12.8. The van der Waals surface area contributed by atoms with Gasteiger partial charge >= 0.3 is 0 Å². The standard InChI is InChI=1S/C18H16O7/c1-22-12-6-9(4-5-11(12)20)17-18(24-3)16(21)15-13(23-2)7-10(19)8-14(15)25-17/h4-8,19-20H,1-3H3. The Morgan fingerprint density at radius 2 is 1.64 bits per heavy atom. The molecule has 2 N–H and O–H groups in total. The van der Waals surface area contributed by atoms with Crippen molar-refractivity contribution in [1.82, 2.24) is 0 Å². The first kappa shape index (κ1) is 16.5. The number of aromatic hydroxyl groups is 2. The predicted molar refractivity (Wildman–Crippen MR) is 90.9 cm³/mol. The average Bonchev–Trinajstić information content (AvgIpc) is 2.61. The van der Waals surface area contributed by atoms with Crippen LogP contribution in [0.1, 0.15) is 0 Å². The third-order valence-corrected chi connectivity index (χ3v) is 3.77. The molecule has 0 bridgehead atoms. The first-order chi connectivity index (χ1) is 12.0. The summed E-state index contributed by atoms with van der Waals surface area (Å²) in [4.78, 5) is 12.8. The van der Waals surface area contributed by atoms with Crippen LogP contribution in [0.5, 0.6) is 28.7 Å². The van der Waals surface area contributed by atoms with Crippen LogP contribution in [0.3, 0.4) is 0 Å². The highest BCUT2D eigenvalue weighted by molar-refractivity contribution is 5.88. The van der Waals surface area contributed by atoms with Gasteiger partial charge in [0, 0.05) is 17.7 Å². The number of hydrogen-bond acceptors (Lipinski definition) is 7. The van der Waals surface area contributed by atoms with E-state index in [0.29, 0.717) is 5.56 Å². The van der Waals surface area contributed by atoms with Gasteiger partial charge in [0.25, 0.3) is 0 Å². The van der Waals surface area contributed by atoms with Crippen molar-refractivity contribution < 1.29 is 28.8 Å². The molecular formula is C18H16O7. The molecule has 0 saturated heterocycles. The van der Waals surface area contributed by atoms with Crippen LogP contribution >= 0.6 is 0 Å². The third-order valence-electron chi connectivity index (χ3n) is 3.77. The lowest BCUT2D eigenvalue weighted by atomic mass is 10.1. The fourth-order valence-electron chi connectivity index (χ4n) is 2.61. The van der Waals surface area contributed by atoms with E-state index in [4.69, 9.17) is 18.6 Å². The van der Waals surface area contributed by atoms with Gasteiger partial charge in [-0.05, 0) is 18.2 Å². The van der Waals surface area contributed by atoms with Crippen LogP contribution in [-0.2, 0) is 0 Å². The SMILES string of the molecule is COc1cc(-c2oc3cc(O)cc(OC)c3c(=O)c2OC)ccc1O. The molecule has 0 radical (unpaired) electrons. The maximum atomic E-state index is 12.8. The summed E-state index contributed by atoms with van der Waals surface area (Å²) in [7, 11) is 4.15. The van der Waals surface area contributed by atoms with Gasteiger partial charge in [-0.1, -0.05) is 0 Å².